The zero-order valence-electron chi connectivity index (χ0n) is 10.7. The van der Waals surface area contributed by atoms with Crippen LogP contribution in [-0.2, 0) is 14.3 Å². The largest absolute Gasteiger partial charge is 0.477 e. The molecule has 0 heterocycles. The molecular formula is C11H22NO4+. The van der Waals surface area contributed by atoms with Crippen LogP contribution in [0.15, 0.2) is 0 Å². The quantitative estimate of drug-likeness (QED) is 0.423. The third-order valence-electron chi connectivity index (χ3n) is 2.54. The molecule has 0 radical (unpaired) electrons. The zero-order valence-corrected chi connectivity index (χ0v) is 10.7. The van der Waals surface area contributed by atoms with Crippen LogP contribution in [0, 0.1) is 5.41 Å². The third kappa shape index (κ3) is 5.11. The van der Waals surface area contributed by atoms with Gasteiger partial charge in [0.15, 0.2) is 6.54 Å². The first-order valence-corrected chi connectivity index (χ1v) is 5.32. The van der Waals surface area contributed by atoms with Crippen molar-refractivity contribution in [2.24, 2.45) is 5.41 Å². The van der Waals surface area contributed by atoms with E-state index in [-0.39, 0.29) is 23.7 Å². The van der Waals surface area contributed by atoms with E-state index in [1.807, 2.05) is 20.8 Å². The number of aliphatic carboxylic acids is 1. The van der Waals surface area contributed by atoms with Crippen LogP contribution in [-0.4, -0.2) is 48.9 Å². The van der Waals surface area contributed by atoms with Crippen LogP contribution >= 0.6 is 0 Å². The molecule has 0 aromatic rings. The second kappa shape index (κ2) is 5.30. The number of likely N-dealkylation sites (N-methyl/N-ethyl adjacent to an activating group) is 1. The minimum absolute atomic E-state index is 0.0696. The van der Waals surface area contributed by atoms with Crippen molar-refractivity contribution in [1.29, 1.82) is 0 Å². The van der Waals surface area contributed by atoms with Gasteiger partial charge < -0.3 is 9.84 Å². The van der Waals surface area contributed by atoms with Crippen molar-refractivity contribution in [1.82, 2.24) is 0 Å². The van der Waals surface area contributed by atoms with Crippen molar-refractivity contribution < 1.29 is 23.9 Å². The first-order valence-electron chi connectivity index (χ1n) is 5.32. The molecule has 0 aliphatic rings. The molecule has 0 saturated heterocycles. The summed E-state index contributed by atoms with van der Waals surface area (Å²) in [7, 11) is 3.42. The summed E-state index contributed by atoms with van der Waals surface area (Å²) in [6, 6.07) is 0. The summed E-state index contributed by atoms with van der Waals surface area (Å²) < 4.78 is 5.26. The van der Waals surface area contributed by atoms with E-state index < -0.39 is 11.4 Å². The fourth-order valence-electron chi connectivity index (χ4n) is 0.985. The Morgan fingerprint density at radius 1 is 1.31 bits per heavy atom. The maximum absolute atomic E-state index is 11.6. The van der Waals surface area contributed by atoms with E-state index in [1.54, 1.807) is 14.1 Å². The lowest BCUT2D eigenvalue weighted by Gasteiger charge is -2.29. The number of nitrogens with zero attached hydrogens (tertiary/aromatic N) is 1. The Morgan fingerprint density at radius 2 is 1.81 bits per heavy atom. The van der Waals surface area contributed by atoms with Crippen LogP contribution in [0.25, 0.3) is 0 Å². The summed E-state index contributed by atoms with van der Waals surface area (Å²) in [6.45, 7) is 5.55. The van der Waals surface area contributed by atoms with Crippen LogP contribution in [0.1, 0.15) is 27.2 Å². The molecule has 0 rings (SSSR count). The highest BCUT2D eigenvalue weighted by molar-refractivity contribution is 5.75. The predicted octanol–water partition coefficient (Wildman–Crippen LogP) is 1.08. The van der Waals surface area contributed by atoms with Crippen LogP contribution in [0.3, 0.4) is 0 Å². The summed E-state index contributed by atoms with van der Waals surface area (Å²) in [6.07, 6.45) is 0.693. The molecule has 0 atom stereocenters. The van der Waals surface area contributed by atoms with E-state index in [0.717, 1.165) is 0 Å². The van der Waals surface area contributed by atoms with Gasteiger partial charge in [-0.15, -0.1) is 0 Å². The molecule has 94 valence electrons. The molecule has 0 aromatic heterocycles. The molecule has 0 aliphatic heterocycles. The van der Waals surface area contributed by atoms with Crippen molar-refractivity contribution in [3.8, 4) is 0 Å². The van der Waals surface area contributed by atoms with Crippen molar-refractivity contribution in [3.63, 3.8) is 0 Å². The van der Waals surface area contributed by atoms with Gasteiger partial charge in [0.25, 0.3) is 0 Å². The smallest absolute Gasteiger partial charge is 0.359 e. The Kier molecular flexibility index (Phi) is 4.93. The van der Waals surface area contributed by atoms with Gasteiger partial charge in [-0.1, -0.05) is 6.92 Å². The number of hydrogen-bond donors (Lipinski definition) is 1. The lowest BCUT2D eigenvalue weighted by atomic mass is 9.91. The van der Waals surface area contributed by atoms with Crippen LogP contribution in [0.2, 0.25) is 0 Å². The summed E-state index contributed by atoms with van der Waals surface area (Å²) in [5.74, 6) is -1.19. The molecule has 5 heteroatoms. The first-order chi connectivity index (χ1) is 7.10. The average Bonchev–Trinajstić information content (AvgIpc) is 2.12. The van der Waals surface area contributed by atoms with E-state index in [4.69, 9.17) is 9.84 Å². The Hall–Kier alpha value is -1.10. The summed E-state index contributed by atoms with van der Waals surface area (Å²) in [5.41, 5.74) is -0.511. The Bertz CT molecular complexity index is 271. The maximum atomic E-state index is 11.6. The second-order valence-electron chi connectivity index (χ2n) is 5.29. The lowest BCUT2D eigenvalue weighted by Crippen LogP contribution is -2.46. The fourth-order valence-corrected chi connectivity index (χ4v) is 0.985. The van der Waals surface area contributed by atoms with Crippen molar-refractivity contribution in [2.75, 3.05) is 27.4 Å². The molecule has 0 unspecified atom stereocenters. The number of quaternary nitrogens is 1. The number of esters is 1. The number of carbonyl (C=O) groups is 2. The normalized spacial score (nSPS) is 12.3. The van der Waals surface area contributed by atoms with E-state index in [1.165, 1.54) is 0 Å². The highest BCUT2D eigenvalue weighted by atomic mass is 16.5. The predicted molar refractivity (Wildman–Crippen MR) is 59.6 cm³/mol. The van der Waals surface area contributed by atoms with Gasteiger partial charge >= 0.3 is 11.9 Å². The Labute approximate surface area is 96.6 Å². The fraction of sp³-hybridized carbons (Fsp3) is 0.818. The van der Waals surface area contributed by atoms with E-state index in [0.29, 0.717) is 6.42 Å². The van der Waals surface area contributed by atoms with Gasteiger partial charge in [0, 0.05) is 0 Å². The van der Waals surface area contributed by atoms with Gasteiger partial charge in [0.2, 0.25) is 6.73 Å². The second-order valence-corrected chi connectivity index (χ2v) is 5.29. The van der Waals surface area contributed by atoms with Crippen molar-refractivity contribution >= 4 is 11.9 Å². The SMILES string of the molecule is CCC(C)(C)C(=O)OC[N+](C)(C)CC(=O)O. The average molecular weight is 232 g/mol. The number of ether oxygens (including phenoxy) is 1. The number of hydrogen-bond acceptors (Lipinski definition) is 3. The number of rotatable bonds is 6. The summed E-state index contributed by atoms with van der Waals surface area (Å²) in [4.78, 5) is 22.2. The molecule has 0 aliphatic carbocycles. The van der Waals surface area contributed by atoms with Crippen molar-refractivity contribution in [2.45, 2.75) is 27.2 Å². The molecule has 0 aromatic carbocycles. The highest BCUT2D eigenvalue weighted by Gasteiger charge is 2.30. The van der Waals surface area contributed by atoms with E-state index >= 15 is 0 Å². The minimum Gasteiger partial charge on any atom is -0.477 e. The first kappa shape index (κ1) is 14.9. The van der Waals surface area contributed by atoms with E-state index in [9.17, 15) is 9.59 Å². The molecule has 5 nitrogen and oxygen atoms in total. The lowest BCUT2D eigenvalue weighted by molar-refractivity contribution is -0.900. The summed E-state index contributed by atoms with van der Waals surface area (Å²) in [5, 5.41) is 8.66. The number of carboxylic acid groups (broad SMARTS) is 1. The maximum Gasteiger partial charge on any atom is 0.359 e. The van der Waals surface area contributed by atoms with Gasteiger partial charge in [-0.2, -0.15) is 0 Å². The highest BCUT2D eigenvalue weighted by Crippen LogP contribution is 2.21. The molecule has 16 heavy (non-hydrogen) atoms. The van der Waals surface area contributed by atoms with Gasteiger partial charge in [-0.3, -0.25) is 9.28 Å². The summed E-state index contributed by atoms with van der Waals surface area (Å²) >= 11 is 0. The van der Waals surface area contributed by atoms with Gasteiger partial charge in [0.1, 0.15) is 0 Å². The molecule has 0 fully saturated rings. The molecule has 1 N–H and O–H groups in total. The third-order valence-corrected chi connectivity index (χ3v) is 2.54. The minimum atomic E-state index is -0.907. The molecule has 0 spiro atoms. The van der Waals surface area contributed by atoms with Crippen LogP contribution in [0.5, 0.6) is 0 Å². The monoisotopic (exact) mass is 232 g/mol. The Morgan fingerprint density at radius 3 is 2.19 bits per heavy atom. The van der Waals surface area contributed by atoms with Crippen molar-refractivity contribution in [3.05, 3.63) is 0 Å². The molecular weight excluding hydrogens is 210 g/mol. The number of carbonyl (C=O) groups excluding carboxylic acids is 1. The molecule has 0 amide bonds. The van der Waals surface area contributed by atoms with Crippen LogP contribution in [0.4, 0.5) is 0 Å². The molecule has 0 bridgehead atoms. The van der Waals surface area contributed by atoms with Gasteiger partial charge in [-0.25, -0.2) is 4.79 Å². The number of carboxylic acids is 1. The Balaban J connectivity index is 4.25. The van der Waals surface area contributed by atoms with Gasteiger partial charge in [-0.05, 0) is 20.3 Å². The van der Waals surface area contributed by atoms with Gasteiger partial charge in [0.05, 0.1) is 19.5 Å². The topological polar surface area (TPSA) is 63.6 Å². The standard InChI is InChI=1S/C11H21NO4/c1-6-11(2,3)10(15)16-8-12(4,5)7-9(13)14/h6-8H2,1-5H3/p+1. The molecule has 0 saturated carbocycles. The van der Waals surface area contributed by atoms with Crippen LogP contribution < -0.4 is 0 Å². The zero-order chi connectivity index (χ0) is 13.0. The van der Waals surface area contributed by atoms with E-state index in [2.05, 4.69) is 0 Å².